The van der Waals surface area contributed by atoms with Crippen molar-refractivity contribution in [2.45, 2.75) is 39.2 Å². The van der Waals surface area contributed by atoms with Gasteiger partial charge >= 0.3 is 0 Å². The molecule has 1 saturated heterocycles. The van der Waals surface area contributed by atoms with E-state index in [-0.39, 0.29) is 0 Å². The smallest absolute Gasteiger partial charge is 0.130 e. The first kappa shape index (κ1) is 18.6. The average molecular weight is 377 g/mol. The van der Waals surface area contributed by atoms with E-state index in [2.05, 4.69) is 49.5 Å². The number of benzene rings is 1. The molecule has 146 valence electrons. The maximum Gasteiger partial charge on any atom is 0.130 e. The van der Waals surface area contributed by atoms with E-state index in [1.807, 2.05) is 43.1 Å². The summed E-state index contributed by atoms with van der Waals surface area (Å²) < 4.78 is 1.91. The molecule has 0 saturated carbocycles. The molecular weight excluding hydrogens is 348 g/mol. The minimum Gasteiger partial charge on any atom is -0.371 e. The highest BCUT2D eigenvalue weighted by molar-refractivity contribution is 5.53. The number of hydrogen-bond donors (Lipinski definition) is 1. The lowest BCUT2D eigenvalue weighted by Crippen LogP contribution is -2.43. The molecule has 3 aromatic rings. The van der Waals surface area contributed by atoms with Crippen LogP contribution >= 0.6 is 0 Å². The Balaban J connectivity index is 1.27. The van der Waals surface area contributed by atoms with Gasteiger partial charge in [0.15, 0.2) is 0 Å². The lowest BCUT2D eigenvalue weighted by atomic mass is 10.0. The van der Waals surface area contributed by atoms with Gasteiger partial charge in [0.25, 0.3) is 0 Å². The standard InChI is InChI=1S/C22H28N6/c1-17-15-18(2)26-22(25-17)7-11-23-19-8-13-27(14-9-19)20-5-3-6-21(16-20)28-12-4-10-24-28/h3-6,10,12,15-16,19,23H,7-9,11,13-14H2,1-2H3. The van der Waals surface area contributed by atoms with Gasteiger partial charge in [-0.3, -0.25) is 0 Å². The predicted octanol–water partition coefficient (Wildman–Crippen LogP) is 3.08. The zero-order valence-corrected chi connectivity index (χ0v) is 16.7. The molecule has 1 aromatic carbocycles. The summed E-state index contributed by atoms with van der Waals surface area (Å²) in [5, 5.41) is 8.03. The highest BCUT2D eigenvalue weighted by Crippen LogP contribution is 2.22. The molecule has 6 nitrogen and oxygen atoms in total. The number of piperidine rings is 1. The van der Waals surface area contributed by atoms with Gasteiger partial charge in [0.1, 0.15) is 5.82 Å². The molecule has 1 fully saturated rings. The summed E-state index contributed by atoms with van der Waals surface area (Å²) in [5.41, 5.74) is 4.48. The first-order chi connectivity index (χ1) is 13.7. The molecule has 0 radical (unpaired) electrons. The largest absolute Gasteiger partial charge is 0.371 e. The van der Waals surface area contributed by atoms with E-state index in [9.17, 15) is 0 Å². The number of nitrogens with one attached hydrogen (secondary N) is 1. The second-order valence-corrected chi connectivity index (χ2v) is 7.50. The van der Waals surface area contributed by atoms with Gasteiger partial charge in [0, 0.05) is 61.6 Å². The van der Waals surface area contributed by atoms with E-state index < -0.39 is 0 Å². The van der Waals surface area contributed by atoms with Crippen LogP contribution in [0.3, 0.4) is 0 Å². The summed E-state index contributed by atoms with van der Waals surface area (Å²) in [6.45, 7) is 7.13. The van der Waals surface area contributed by atoms with Crippen LogP contribution in [0, 0.1) is 13.8 Å². The fraction of sp³-hybridized carbons (Fsp3) is 0.409. The second kappa shape index (κ2) is 8.52. The van der Waals surface area contributed by atoms with Crippen LogP contribution in [0.15, 0.2) is 48.8 Å². The Labute approximate surface area is 166 Å². The van der Waals surface area contributed by atoms with Crippen LogP contribution in [0.4, 0.5) is 5.69 Å². The molecule has 0 unspecified atom stereocenters. The van der Waals surface area contributed by atoms with Crippen molar-refractivity contribution >= 4 is 5.69 Å². The number of rotatable bonds is 6. The summed E-state index contributed by atoms with van der Waals surface area (Å²) in [4.78, 5) is 11.5. The third kappa shape index (κ3) is 4.57. The molecule has 6 heteroatoms. The Bertz CT molecular complexity index is 877. The van der Waals surface area contributed by atoms with Crippen LogP contribution in [0.25, 0.3) is 5.69 Å². The number of nitrogens with zero attached hydrogens (tertiary/aromatic N) is 5. The average Bonchev–Trinajstić information content (AvgIpc) is 3.23. The Morgan fingerprint density at radius 3 is 2.46 bits per heavy atom. The van der Waals surface area contributed by atoms with Crippen molar-refractivity contribution in [1.29, 1.82) is 0 Å². The molecule has 1 aliphatic rings. The van der Waals surface area contributed by atoms with Crippen LogP contribution in [0.5, 0.6) is 0 Å². The topological polar surface area (TPSA) is 58.9 Å². The van der Waals surface area contributed by atoms with Crippen molar-refractivity contribution in [2.75, 3.05) is 24.5 Å². The number of aryl methyl sites for hydroxylation is 2. The van der Waals surface area contributed by atoms with Crippen LogP contribution in [-0.4, -0.2) is 45.4 Å². The van der Waals surface area contributed by atoms with Gasteiger partial charge in [-0.2, -0.15) is 5.10 Å². The summed E-state index contributed by atoms with van der Waals surface area (Å²) >= 11 is 0. The van der Waals surface area contributed by atoms with E-state index in [0.717, 1.165) is 61.8 Å². The van der Waals surface area contributed by atoms with Gasteiger partial charge in [0.05, 0.1) is 5.69 Å². The number of hydrogen-bond acceptors (Lipinski definition) is 5. The summed E-state index contributed by atoms with van der Waals surface area (Å²) in [6, 6.07) is 13.2. The Hall–Kier alpha value is -2.73. The lowest BCUT2D eigenvalue weighted by molar-refractivity contribution is 0.416. The molecule has 2 aromatic heterocycles. The quantitative estimate of drug-likeness (QED) is 0.716. The van der Waals surface area contributed by atoms with Crippen LogP contribution in [-0.2, 0) is 6.42 Å². The van der Waals surface area contributed by atoms with Crippen molar-refractivity contribution in [3.8, 4) is 5.69 Å². The summed E-state index contributed by atoms with van der Waals surface area (Å²) in [7, 11) is 0. The lowest BCUT2D eigenvalue weighted by Gasteiger charge is -2.34. The third-order valence-corrected chi connectivity index (χ3v) is 5.27. The molecule has 0 spiro atoms. The highest BCUT2D eigenvalue weighted by atomic mass is 15.3. The van der Waals surface area contributed by atoms with Crippen molar-refractivity contribution in [3.05, 3.63) is 66.0 Å². The van der Waals surface area contributed by atoms with Gasteiger partial charge in [-0.05, 0) is 57.0 Å². The first-order valence-corrected chi connectivity index (χ1v) is 10.1. The SMILES string of the molecule is Cc1cc(C)nc(CCNC2CCN(c3cccc(-n4cccn4)c3)CC2)n1. The first-order valence-electron chi connectivity index (χ1n) is 10.1. The summed E-state index contributed by atoms with van der Waals surface area (Å²) in [5.74, 6) is 0.942. The maximum atomic E-state index is 4.53. The Morgan fingerprint density at radius 1 is 1.00 bits per heavy atom. The van der Waals surface area contributed by atoms with Gasteiger partial charge in [-0.1, -0.05) is 6.07 Å². The zero-order chi connectivity index (χ0) is 19.3. The highest BCUT2D eigenvalue weighted by Gasteiger charge is 2.19. The molecule has 1 N–H and O–H groups in total. The van der Waals surface area contributed by atoms with Crippen molar-refractivity contribution in [1.82, 2.24) is 25.1 Å². The maximum absolute atomic E-state index is 4.53. The third-order valence-electron chi connectivity index (χ3n) is 5.27. The van der Waals surface area contributed by atoms with Crippen molar-refractivity contribution < 1.29 is 0 Å². The molecule has 0 amide bonds. The van der Waals surface area contributed by atoms with Crippen molar-refractivity contribution in [2.24, 2.45) is 0 Å². The van der Waals surface area contributed by atoms with Crippen LogP contribution in [0.2, 0.25) is 0 Å². The van der Waals surface area contributed by atoms with Gasteiger partial charge in [-0.15, -0.1) is 0 Å². The molecule has 0 atom stereocenters. The Morgan fingerprint density at radius 2 is 1.75 bits per heavy atom. The van der Waals surface area contributed by atoms with Gasteiger partial charge in [0.2, 0.25) is 0 Å². The molecule has 0 bridgehead atoms. The molecule has 0 aliphatic carbocycles. The van der Waals surface area contributed by atoms with E-state index in [1.165, 1.54) is 5.69 Å². The monoisotopic (exact) mass is 376 g/mol. The minimum atomic E-state index is 0.566. The van der Waals surface area contributed by atoms with Gasteiger partial charge in [-0.25, -0.2) is 14.6 Å². The van der Waals surface area contributed by atoms with E-state index in [0.29, 0.717) is 6.04 Å². The normalized spacial score (nSPS) is 15.1. The molecule has 1 aliphatic heterocycles. The summed E-state index contributed by atoms with van der Waals surface area (Å²) in [6.07, 6.45) is 6.98. The number of aromatic nitrogens is 4. The fourth-order valence-electron chi connectivity index (χ4n) is 3.89. The fourth-order valence-corrected chi connectivity index (χ4v) is 3.89. The van der Waals surface area contributed by atoms with E-state index >= 15 is 0 Å². The second-order valence-electron chi connectivity index (χ2n) is 7.50. The molecule has 4 rings (SSSR count). The molecular formula is C22H28N6. The minimum absolute atomic E-state index is 0.566. The van der Waals surface area contributed by atoms with Gasteiger partial charge < -0.3 is 10.2 Å². The van der Waals surface area contributed by atoms with Crippen LogP contribution < -0.4 is 10.2 Å². The van der Waals surface area contributed by atoms with Crippen molar-refractivity contribution in [3.63, 3.8) is 0 Å². The van der Waals surface area contributed by atoms with Crippen LogP contribution in [0.1, 0.15) is 30.1 Å². The Kier molecular flexibility index (Phi) is 5.67. The molecule has 28 heavy (non-hydrogen) atoms. The zero-order valence-electron chi connectivity index (χ0n) is 16.7. The number of anilines is 1. The molecule has 3 heterocycles. The predicted molar refractivity (Wildman–Crippen MR) is 112 cm³/mol. The van der Waals surface area contributed by atoms with E-state index in [1.54, 1.807) is 0 Å². The van der Waals surface area contributed by atoms with E-state index in [4.69, 9.17) is 0 Å².